The van der Waals surface area contributed by atoms with Gasteiger partial charge in [-0.05, 0) is 43.5 Å². The van der Waals surface area contributed by atoms with Gasteiger partial charge in [-0.1, -0.05) is 6.08 Å². The van der Waals surface area contributed by atoms with E-state index in [2.05, 4.69) is 27.1 Å². The van der Waals surface area contributed by atoms with Crippen LogP contribution in [0.3, 0.4) is 0 Å². The summed E-state index contributed by atoms with van der Waals surface area (Å²) in [5.74, 6) is 0.771. The van der Waals surface area contributed by atoms with Crippen LogP contribution in [0.15, 0.2) is 47.5 Å². The lowest BCUT2D eigenvalue weighted by molar-refractivity contribution is -0.127. The molecule has 0 aromatic carbocycles. The number of aromatic nitrogens is 2. The molecule has 160 valence electrons. The predicted molar refractivity (Wildman–Crippen MR) is 121 cm³/mol. The molecule has 0 aliphatic carbocycles. The Kier molecular flexibility index (Phi) is 7.24. The second-order valence-corrected chi connectivity index (χ2v) is 7.26. The fourth-order valence-electron chi connectivity index (χ4n) is 3.90. The van der Waals surface area contributed by atoms with Crippen molar-refractivity contribution in [3.8, 4) is 11.1 Å². The Morgan fingerprint density at radius 2 is 2.13 bits per heavy atom. The predicted octanol–water partition coefficient (Wildman–Crippen LogP) is 1.81. The summed E-state index contributed by atoms with van der Waals surface area (Å²) in [4.78, 5) is 36.0. The van der Waals surface area contributed by atoms with Crippen molar-refractivity contribution < 1.29 is 4.79 Å². The average Bonchev–Trinajstić information content (AvgIpc) is 2.79. The molecule has 1 aliphatic rings. The number of nitrogens with one attached hydrogen (secondary N) is 2. The van der Waals surface area contributed by atoms with Gasteiger partial charge in [0, 0.05) is 63.3 Å². The number of hydrogen-bond acceptors (Lipinski definition) is 6. The lowest BCUT2D eigenvalue weighted by Crippen LogP contribution is -2.47. The Morgan fingerprint density at radius 3 is 2.80 bits per heavy atom. The van der Waals surface area contributed by atoms with Gasteiger partial charge in [0.15, 0.2) is 0 Å². The Balaban J connectivity index is 1.79. The first-order chi connectivity index (χ1) is 14.6. The molecule has 0 unspecified atom stereocenters. The van der Waals surface area contributed by atoms with Crippen molar-refractivity contribution in [3.05, 3.63) is 53.1 Å². The Labute approximate surface area is 176 Å². The van der Waals surface area contributed by atoms with Crippen molar-refractivity contribution >= 4 is 17.4 Å². The molecule has 8 heteroatoms. The van der Waals surface area contributed by atoms with Gasteiger partial charge in [-0.2, -0.15) is 0 Å². The summed E-state index contributed by atoms with van der Waals surface area (Å²) in [7, 11) is 1.83. The number of piperidine rings is 1. The van der Waals surface area contributed by atoms with Crippen molar-refractivity contribution in [2.45, 2.75) is 25.8 Å². The standard InChI is InChI=1S/C22H30N6O2/c1-3-28(18-7-11-27(12-8-18)21(29)5-4-9-23)19-13-17(15-26-22(19)30)16-6-10-25-20(14-16)24-2/h4-6,10,13-15,18H,3,7-9,11-12,23H2,1-2H3,(H,24,25)(H,26,30). The molecular formula is C22H30N6O2. The minimum atomic E-state index is -0.104. The van der Waals surface area contributed by atoms with Gasteiger partial charge >= 0.3 is 0 Å². The third kappa shape index (κ3) is 4.88. The monoisotopic (exact) mass is 410 g/mol. The first-order valence-electron chi connectivity index (χ1n) is 10.4. The number of pyridine rings is 2. The highest BCUT2D eigenvalue weighted by molar-refractivity contribution is 5.87. The maximum absolute atomic E-state index is 12.7. The summed E-state index contributed by atoms with van der Waals surface area (Å²) in [5, 5.41) is 3.04. The van der Waals surface area contributed by atoms with Gasteiger partial charge in [-0.25, -0.2) is 4.98 Å². The lowest BCUT2D eigenvalue weighted by atomic mass is 10.0. The second-order valence-electron chi connectivity index (χ2n) is 7.26. The maximum atomic E-state index is 12.7. The summed E-state index contributed by atoms with van der Waals surface area (Å²) in [6.45, 7) is 4.47. The molecule has 3 heterocycles. The zero-order valence-electron chi connectivity index (χ0n) is 17.6. The fraction of sp³-hybridized carbons (Fsp3) is 0.409. The molecule has 0 bridgehead atoms. The van der Waals surface area contributed by atoms with Crippen LogP contribution >= 0.6 is 0 Å². The van der Waals surface area contributed by atoms with E-state index in [0.29, 0.717) is 25.3 Å². The first-order valence-corrected chi connectivity index (χ1v) is 10.4. The van der Waals surface area contributed by atoms with Crippen molar-refractivity contribution in [2.24, 2.45) is 5.73 Å². The molecule has 2 aromatic rings. The van der Waals surface area contributed by atoms with Crippen LogP contribution in [-0.2, 0) is 4.79 Å². The molecular weight excluding hydrogens is 380 g/mol. The van der Waals surface area contributed by atoms with Crippen LogP contribution in [0.1, 0.15) is 19.8 Å². The van der Waals surface area contributed by atoms with Crippen LogP contribution in [-0.4, -0.2) is 60.0 Å². The van der Waals surface area contributed by atoms with Crippen LogP contribution in [0.4, 0.5) is 11.5 Å². The number of rotatable bonds is 7. The van der Waals surface area contributed by atoms with E-state index in [-0.39, 0.29) is 17.5 Å². The van der Waals surface area contributed by atoms with E-state index >= 15 is 0 Å². The zero-order chi connectivity index (χ0) is 21.5. The smallest absolute Gasteiger partial charge is 0.271 e. The van der Waals surface area contributed by atoms with Crippen molar-refractivity contribution in [2.75, 3.05) is 43.4 Å². The van der Waals surface area contributed by atoms with Crippen LogP contribution in [0.25, 0.3) is 11.1 Å². The molecule has 0 saturated carbocycles. The van der Waals surface area contributed by atoms with Crippen LogP contribution in [0.5, 0.6) is 0 Å². The van der Waals surface area contributed by atoms with Crippen LogP contribution < -0.4 is 21.5 Å². The number of hydrogen-bond donors (Lipinski definition) is 3. The number of nitrogens with zero attached hydrogens (tertiary/aromatic N) is 3. The van der Waals surface area contributed by atoms with Crippen molar-refractivity contribution in [1.29, 1.82) is 0 Å². The SMILES string of the molecule is CCN(c1cc(-c2ccnc(NC)c2)c[nH]c1=O)C1CCN(C(=O)C=CCN)CC1. The summed E-state index contributed by atoms with van der Waals surface area (Å²) >= 11 is 0. The summed E-state index contributed by atoms with van der Waals surface area (Å²) in [5.41, 5.74) is 7.90. The molecule has 4 N–H and O–H groups in total. The van der Waals surface area contributed by atoms with Gasteiger partial charge in [0.25, 0.3) is 5.56 Å². The lowest BCUT2D eigenvalue weighted by Gasteiger charge is -2.38. The van der Waals surface area contributed by atoms with Crippen molar-refractivity contribution in [1.82, 2.24) is 14.9 Å². The number of H-pyrrole nitrogens is 1. The van der Waals surface area contributed by atoms with E-state index in [9.17, 15) is 9.59 Å². The highest BCUT2D eigenvalue weighted by Gasteiger charge is 2.27. The molecule has 1 saturated heterocycles. The Hall–Kier alpha value is -3.13. The van der Waals surface area contributed by atoms with E-state index in [1.54, 1.807) is 24.5 Å². The highest BCUT2D eigenvalue weighted by atomic mass is 16.2. The molecule has 0 atom stereocenters. The number of anilines is 2. The largest absolute Gasteiger partial charge is 0.373 e. The normalized spacial score (nSPS) is 14.8. The van der Waals surface area contributed by atoms with Gasteiger partial charge in [-0.3, -0.25) is 9.59 Å². The molecule has 30 heavy (non-hydrogen) atoms. The third-order valence-electron chi connectivity index (χ3n) is 5.50. The quantitative estimate of drug-likeness (QED) is 0.601. The van der Waals surface area contributed by atoms with E-state index < -0.39 is 0 Å². The van der Waals surface area contributed by atoms with E-state index in [1.807, 2.05) is 30.1 Å². The van der Waals surface area contributed by atoms with Crippen LogP contribution in [0, 0.1) is 0 Å². The average molecular weight is 411 g/mol. The van der Waals surface area contributed by atoms with E-state index in [1.165, 1.54) is 0 Å². The number of likely N-dealkylation sites (tertiary alicyclic amines) is 1. The minimum Gasteiger partial charge on any atom is -0.373 e. The number of amides is 1. The Bertz CT molecular complexity index is 947. The van der Waals surface area contributed by atoms with Crippen molar-refractivity contribution in [3.63, 3.8) is 0 Å². The van der Waals surface area contributed by atoms with Gasteiger partial charge in [-0.15, -0.1) is 0 Å². The minimum absolute atomic E-state index is 0.000169. The number of nitrogens with two attached hydrogens (primary N) is 1. The molecule has 8 nitrogen and oxygen atoms in total. The Morgan fingerprint density at radius 1 is 1.37 bits per heavy atom. The summed E-state index contributed by atoms with van der Waals surface area (Å²) in [6, 6.07) is 6.03. The molecule has 1 fully saturated rings. The molecule has 1 amide bonds. The molecule has 0 radical (unpaired) electrons. The zero-order valence-corrected chi connectivity index (χ0v) is 17.6. The second kappa shape index (κ2) is 10.1. The molecule has 3 rings (SSSR count). The van der Waals surface area contributed by atoms with E-state index in [0.717, 1.165) is 36.3 Å². The number of carbonyl (C=O) groups excluding carboxylic acids is 1. The molecule has 0 spiro atoms. The van der Waals surface area contributed by atoms with Gasteiger partial charge in [0.05, 0.1) is 0 Å². The topological polar surface area (TPSA) is 107 Å². The van der Waals surface area contributed by atoms with E-state index in [4.69, 9.17) is 5.73 Å². The van der Waals surface area contributed by atoms with Gasteiger partial charge in [0.1, 0.15) is 11.5 Å². The molecule has 2 aromatic heterocycles. The molecule has 1 aliphatic heterocycles. The van der Waals surface area contributed by atoms with Crippen LogP contribution in [0.2, 0.25) is 0 Å². The fourth-order valence-corrected chi connectivity index (χ4v) is 3.90. The number of carbonyl (C=O) groups is 1. The van der Waals surface area contributed by atoms with Gasteiger partial charge in [0.2, 0.25) is 5.91 Å². The highest BCUT2D eigenvalue weighted by Crippen LogP contribution is 2.26. The first kappa shape index (κ1) is 21.6. The maximum Gasteiger partial charge on any atom is 0.271 e. The summed E-state index contributed by atoms with van der Waals surface area (Å²) in [6.07, 6.45) is 8.34. The van der Waals surface area contributed by atoms with Gasteiger partial charge < -0.3 is 25.8 Å². The third-order valence-corrected chi connectivity index (χ3v) is 5.50. The number of aromatic amines is 1. The summed E-state index contributed by atoms with van der Waals surface area (Å²) < 4.78 is 0.